The van der Waals surface area contributed by atoms with E-state index in [9.17, 15) is 0 Å². The smallest absolute Gasteiger partial charge is 0.140 e. The molecule has 0 saturated heterocycles. The molecule has 0 amide bonds. The Hall–Kier alpha value is -15.5. The molecule has 0 fully saturated rings. The van der Waals surface area contributed by atoms with E-state index >= 15 is 0 Å². The SMILES string of the molecule is Cn1c(-c2ccccc2)nc2c3ccccc3c3ccccc3c21.Cn1c(-c2ccccc2)nc2cc3ccccc3cc21.Cn1c(-c2ccccc2)nc2ccc3ccccc3c21.Cn1ccc2c3ccccc3ccc21.Cn1ccc2ccc3ccccc3c21.Cn1ncc2c3ccccc3ccc21.Cn1ncc2ccc3ccccc3c21. The zero-order chi connectivity index (χ0) is 81.3. The Kier molecular flexibility index (Phi) is 20.1. The first kappa shape index (κ1) is 74.6. The van der Waals surface area contributed by atoms with E-state index in [0.717, 1.165) is 50.7 Å². The van der Waals surface area contributed by atoms with Crippen molar-refractivity contribution >= 4 is 163 Å². The van der Waals surface area contributed by atoms with Crippen molar-refractivity contribution in [1.29, 1.82) is 0 Å². The van der Waals surface area contributed by atoms with Crippen LogP contribution in [0, 0.1) is 0 Å². The minimum atomic E-state index is 1.01. The van der Waals surface area contributed by atoms with Gasteiger partial charge in [-0.2, -0.15) is 10.2 Å². The second-order valence-electron chi connectivity index (χ2n) is 30.5. The Bertz CT molecular complexity index is 7850. The highest BCUT2D eigenvalue weighted by atomic mass is 15.3. The third-order valence-electron chi connectivity index (χ3n) is 23.2. The maximum atomic E-state index is 5.02. The summed E-state index contributed by atoms with van der Waals surface area (Å²) in [5, 5.41) is 34.0. The summed E-state index contributed by atoms with van der Waals surface area (Å²) in [5.41, 5.74) is 15.2. The van der Waals surface area contributed by atoms with Gasteiger partial charge in [-0.15, -0.1) is 0 Å². The van der Waals surface area contributed by atoms with Crippen LogP contribution < -0.4 is 0 Å². The highest BCUT2D eigenvalue weighted by molar-refractivity contribution is 6.24. The molecule has 7 aromatic heterocycles. The zero-order valence-electron chi connectivity index (χ0n) is 67.9. The summed E-state index contributed by atoms with van der Waals surface area (Å²) >= 11 is 0. The molecule has 0 aliphatic rings. The predicted octanol–water partition coefficient (Wildman–Crippen LogP) is 26.4. The second kappa shape index (κ2) is 32.3. The van der Waals surface area contributed by atoms with Crippen LogP contribution in [-0.4, -0.2) is 57.3 Å². The molecule has 0 atom stereocenters. The normalized spacial score (nSPS) is 11.3. The Morgan fingerprint density at radius 2 is 0.592 bits per heavy atom. The van der Waals surface area contributed by atoms with Gasteiger partial charge in [0.25, 0.3) is 0 Å². The summed E-state index contributed by atoms with van der Waals surface area (Å²) in [6.45, 7) is 0. The fourth-order valence-electron chi connectivity index (χ4n) is 17.2. The van der Waals surface area contributed by atoms with Crippen LogP contribution in [0.4, 0.5) is 0 Å². The molecule has 7 heterocycles. The molecule has 25 aromatic rings. The first-order chi connectivity index (χ1) is 59.0. The number of aromatic nitrogens is 12. The molecule has 0 N–H and O–H groups in total. The Morgan fingerprint density at radius 3 is 1.18 bits per heavy atom. The number of hydrogen-bond donors (Lipinski definition) is 0. The Balaban J connectivity index is 0.0000000935. The van der Waals surface area contributed by atoms with Crippen LogP contribution in [0.15, 0.2) is 395 Å². The summed E-state index contributed by atoms with van der Waals surface area (Å²) in [7, 11) is 14.4. The molecular formula is C108H86N12. The van der Waals surface area contributed by atoms with Crippen molar-refractivity contribution < 1.29 is 0 Å². The third-order valence-corrected chi connectivity index (χ3v) is 23.2. The number of aryl methyl sites for hydroxylation is 7. The Labute approximate surface area is 694 Å². The lowest BCUT2D eigenvalue weighted by molar-refractivity contribution is 0.797. The maximum Gasteiger partial charge on any atom is 0.140 e. The molecule has 12 nitrogen and oxygen atoms in total. The average Bonchev–Trinajstić information content (AvgIpc) is 1.55. The summed E-state index contributed by atoms with van der Waals surface area (Å²) in [6, 6.07) is 129. The van der Waals surface area contributed by atoms with E-state index in [1.165, 1.54) is 146 Å². The monoisotopic (exact) mass is 1550 g/mol. The van der Waals surface area contributed by atoms with E-state index < -0.39 is 0 Å². The lowest BCUT2D eigenvalue weighted by atomic mass is 10.00. The van der Waals surface area contributed by atoms with Gasteiger partial charge in [0, 0.05) is 132 Å². The van der Waals surface area contributed by atoms with Crippen molar-refractivity contribution in [2.45, 2.75) is 0 Å². The molecule has 0 spiro atoms. The lowest BCUT2D eigenvalue weighted by Gasteiger charge is -2.08. The summed E-state index contributed by atoms with van der Waals surface area (Å²) < 4.78 is 14.7. The molecule has 0 saturated carbocycles. The fourth-order valence-corrected chi connectivity index (χ4v) is 17.2. The van der Waals surface area contributed by atoms with Crippen LogP contribution in [0.5, 0.6) is 0 Å². The van der Waals surface area contributed by atoms with Crippen molar-refractivity contribution in [3.63, 3.8) is 0 Å². The second-order valence-corrected chi connectivity index (χ2v) is 30.5. The van der Waals surface area contributed by atoms with Crippen LogP contribution in [0.2, 0.25) is 0 Å². The molecule has 120 heavy (non-hydrogen) atoms. The van der Waals surface area contributed by atoms with E-state index in [0.29, 0.717) is 0 Å². The molecule has 0 radical (unpaired) electrons. The molecule has 0 aliphatic heterocycles. The largest absolute Gasteiger partial charge is 0.351 e. The van der Waals surface area contributed by atoms with Crippen molar-refractivity contribution in [2.75, 3.05) is 0 Å². The fraction of sp³-hybridized carbons (Fsp3) is 0.0648. The van der Waals surface area contributed by atoms with Crippen molar-refractivity contribution in [3.05, 3.63) is 395 Å². The standard InChI is InChI=1S/C22H16N2.2C18H14N2.2C13H11N.2C12H10N2/c1-24-21-19-14-8-6-12-17(19)16-11-5-7-13-18(16)20(21)23-22(24)15-9-3-2-4-10-15;1-20-17-15-10-6-5-7-13(15)11-12-16(17)19-18(20)14-8-3-2-4-9-14;1-20-17-12-15-10-6-5-9-14(15)11-16(17)19-18(20)13-7-3-2-4-8-13;1-14-9-8-11-7-6-10-4-2-3-5-12(10)13(11)14;1-14-9-8-12-11-5-3-2-4-10(11)6-7-13(12)14;1-14-12-10(8-13-14)7-6-9-4-2-3-5-11(9)12;1-14-12-7-6-9-4-2-3-5-10(9)11(12)8-13-14/h2-14H,1H3;2*2-12H,1H3;2*2-9H,1H3;2*2-8H,1H3. The van der Waals surface area contributed by atoms with Gasteiger partial charge < -0.3 is 22.8 Å². The molecule has 0 unspecified atom stereocenters. The number of rotatable bonds is 3. The van der Waals surface area contributed by atoms with Gasteiger partial charge in [0.1, 0.15) is 17.5 Å². The minimum absolute atomic E-state index is 1.01. The molecule has 0 bridgehead atoms. The van der Waals surface area contributed by atoms with Gasteiger partial charge in [0.15, 0.2) is 0 Å². The van der Waals surface area contributed by atoms with Gasteiger partial charge in [-0.1, -0.05) is 328 Å². The van der Waals surface area contributed by atoms with Crippen molar-refractivity contribution in [2.24, 2.45) is 49.3 Å². The highest BCUT2D eigenvalue weighted by Crippen LogP contribution is 2.38. The molecular weight excluding hydrogens is 1470 g/mol. The van der Waals surface area contributed by atoms with E-state index in [2.05, 4.69) is 408 Å². The third kappa shape index (κ3) is 14.1. The van der Waals surface area contributed by atoms with Gasteiger partial charge in [0.05, 0.1) is 62.0 Å². The molecule has 18 aromatic carbocycles. The predicted molar refractivity (Wildman–Crippen MR) is 506 cm³/mol. The van der Waals surface area contributed by atoms with E-state index in [1.54, 1.807) is 0 Å². The van der Waals surface area contributed by atoms with Crippen LogP contribution in [0.25, 0.3) is 197 Å². The van der Waals surface area contributed by atoms with Crippen molar-refractivity contribution in [3.8, 4) is 34.2 Å². The van der Waals surface area contributed by atoms with E-state index in [4.69, 9.17) is 15.0 Å². The van der Waals surface area contributed by atoms with Gasteiger partial charge in [-0.3, -0.25) is 9.36 Å². The number of nitrogens with zero attached hydrogens (tertiary/aromatic N) is 12. The van der Waals surface area contributed by atoms with Gasteiger partial charge in [0.2, 0.25) is 0 Å². The molecule has 578 valence electrons. The van der Waals surface area contributed by atoms with Gasteiger partial charge >= 0.3 is 0 Å². The van der Waals surface area contributed by atoms with Crippen LogP contribution >= 0.6 is 0 Å². The quantitative estimate of drug-likeness (QED) is 0.164. The van der Waals surface area contributed by atoms with Crippen LogP contribution in [0.1, 0.15) is 0 Å². The first-order valence-corrected chi connectivity index (χ1v) is 40.5. The molecule has 12 heteroatoms. The minimum Gasteiger partial charge on any atom is -0.351 e. The van der Waals surface area contributed by atoms with Crippen LogP contribution in [0.3, 0.4) is 0 Å². The maximum absolute atomic E-state index is 5.02. The topological polar surface area (TPSA) is 99.0 Å². The number of fused-ring (bicyclic) bond motifs is 23. The summed E-state index contributed by atoms with van der Waals surface area (Å²) in [6.07, 6.45) is 8.05. The number of imidazole rings is 3. The molecule has 0 aliphatic carbocycles. The van der Waals surface area contributed by atoms with Gasteiger partial charge in [-0.25, -0.2) is 15.0 Å². The van der Waals surface area contributed by atoms with Crippen LogP contribution in [-0.2, 0) is 49.3 Å². The average molecular weight is 1550 g/mol. The highest BCUT2D eigenvalue weighted by Gasteiger charge is 2.18. The number of benzene rings is 18. The zero-order valence-corrected chi connectivity index (χ0v) is 67.9. The molecule has 25 rings (SSSR count). The Morgan fingerprint density at radius 1 is 0.200 bits per heavy atom. The summed E-state index contributed by atoms with van der Waals surface area (Å²) in [4.78, 5) is 14.6. The van der Waals surface area contributed by atoms with E-state index in [-0.39, 0.29) is 0 Å². The first-order valence-electron chi connectivity index (χ1n) is 40.5. The number of hydrogen-bond acceptors (Lipinski definition) is 5. The van der Waals surface area contributed by atoms with Gasteiger partial charge in [-0.05, 0) is 102 Å². The van der Waals surface area contributed by atoms with Crippen molar-refractivity contribution in [1.82, 2.24) is 57.3 Å². The lowest BCUT2D eigenvalue weighted by Crippen LogP contribution is -1.92. The summed E-state index contributed by atoms with van der Waals surface area (Å²) in [5.74, 6) is 3.03. The van der Waals surface area contributed by atoms with E-state index in [1.807, 2.05) is 78.3 Å².